The van der Waals surface area contributed by atoms with Gasteiger partial charge in [-0.25, -0.2) is 0 Å². The molecule has 2 heterocycles. The van der Waals surface area contributed by atoms with E-state index in [1.807, 2.05) is 12.1 Å². The average Bonchev–Trinajstić information content (AvgIpc) is 2.82. The van der Waals surface area contributed by atoms with Gasteiger partial charge in [0.15, 0.2) is 0 Å². The van der Waals surface area contributed by atoms with Crippen LogP contribution in [-0.4, -0.2) is 44.4 Å². The van der Waals surface area contributed by atoms with Gasteiger partial charge in [-0.15, -0.1) is 0 Å². The molecule has 1 atom stereocenters. The van der Waals surface area contributed by atoms with E-state index in [0.717, 1.165) is 50.6 Å². The smallest absolute Gasteiger partial charge is 0.134 e. The number of para-hydroxylation sites is 1. The second kappa shape index (κ2) is 6.60. The number of hydrogen-bond donors (Lipinski definition) is 0. The summed E-state index contributed by atoms with van der Waals surface area (Å²) in [5.41, 5.74) is 2.24. The highest BCUT2D eigenvalue weighted by Crippen LogP contribution is 2.26. The van der Waals surface area contributed by atoms with E-state index in [0.29, 0.717) is 0 Å². The van der Waals surface area contributed by atoms with Crippen molar-refractivity contribution in [3.8, 4) is 0 Å². The van der Waals surface area contributed by atoms with Crippen LogP contribution in [0.4, 0.5) is 0 Å². The van der Waals surface area contributed by atoms with Gasteiger partial charge in [-0.1, -0.05) is 18.2 Å². The number of nitrogens with zero attached hydrogens (tertiary/aromatic N) is 1. The van der Waals surface area contributed by atoms with E-state index in [9.17, 15) is 0 Å². The lowest BCUT2D eigenvalue weighted by molar-refractivity contribution is -0.0447. The Labute approximate surface area is 125 Å². The number of benzene rings is 1. The van der Waals surface area contributed by atoms with Crippen LogP contribution in [0.25, 0.3) is 11.0 Å². The van der Waals surface area contributed by atoms with Crippen LogP contribution < -0.4 is 0 Å². The highest BCUT2D eigenvalue weighted by atomic mass is 16.5. The van der Waals surface area contributed by atoms with Crippen LogP contribution in [0.5, 0.6) is 0 Å². The van der Waals surface area contributed by atoms with Gasteiger partial charge in [0.2, 0.25) is 0 Å². The number of furan rings is 1. The normalized spacial score (nSPS) is 20.2. The van der Waals surface area contributed by atoms with Crippen molar-refractivity contribution in [2.75, 3.05) is 33.4 Å². The molecule has 1 aliphatic rings. The van der Waals surface area contributed by atoms with E-state index < -0.39 is 0 Å². The summed E-state index contributed by atoms with van der Waals surface area (Å²) in [6.07, 6.45) is 1.22. The summed E-state index contributed by atoms with van der Waals surface area (Å²) in [5, 5.41) is 1.22. The van der Waals surface area contributed by atoms with Crippen molar-refractivity contribution in [2.45, 2.75) is 26.0 Å². The molecular weight excluding hydrogens is 266 g/mol. The van der Waals surface area contributed by atoms with Gasteiger partial charge in [-0.2, -0.15) is 0 Å². The highest BCUT2D eigenvalue weighted by Gasteiger charge is 2.22. The predicted octanol–water partition coefficient (Wildman–Crippen LogP) is 2.98. The zero-order chi connectivity index (χ0) is 14.7. The molecule has 1 aromatic carbocycles. The van der Waals surface area contributed by atoms with Crippen LogP contribution in [0.1, 0.15) is 17.7 Å². The molecule has 1 fully saturated rings. The van der Waals surface area contributed by atoms with Gasteiger partial charge in [-0.3, -0.25) is 4.90 Å². The number of ether oxygens (including phenoxy) is 2. The molecule has 0 spiro atoms. The molecule has 3 rings (SSSR count). The Balaban J connectivity index is 1.68. The van der Waals surface area contributed by atoms with E-state index in [4.69, 9.17) is 13.9 Å². The lowest BCUT2D eigenvalue weighted by atomic mass is 10.1. The minimum absolute atomic E-state index is 0.267. The van der Waals surface area contributed by atoms with Gasteiger partial charge in [0, 0.05) is 32.2 Å². The molecule has 4 heteroatoms. The Bertz CT molecular complexity index is 593. The lowest BCUT2D eigenvalue weighted by Crippen LogP contribution is -2.42. The van der Waals surface area contributed by atoms with Crippen molar-refractivity contribution >= 4 is 11.0 Å². The molecular formula is C17H23NO3. The fourth-order valence-corrected chi connectivity index (χ4v) is 2.93. The van der Waals surface area contributed by atoms with Gasteiger partial charge in [0.05, 0.1) is 19.3 Å². The average molecular weight is 289 g/mol. The van der Waals surface area contributed by atoms with Crippen molar-refractivity contribution in [3.05, 3.63) is 35.6 Å². The summed E-state index contributed by atoms with van der Waals surface area (Å²) in [6.45, 7) is 6.44. The molecule has 0 saturated carbocycles. The van der Waals surface area contributed by atoms with Gasteiger partial charge < -0.3 is 13.9 Å². The standard InChI is InChI=1S/C17H23NO3/c1-13-15-5-3-4-6-16(15)21-17(13)12-18-8-10-20-14(11-18)7-9-19-2/h3-6,14H,7-12H2,1-2H3. The van der Waals surface area contributed by atoms with E-state index in [1.54, 1.807) is 7.11 Å². The summed E-state index contributed by atoms with van der Waals surface area (Å²) >= 11 is 0. The maximum atomic E-state index is 6.01. The van der Waals surface area contributed by atoms with E-state index in [2.05, 4.69) is 24.0 Å². The second-order valence-electron chi connectivity index (χ2n) is 5.66. The molecule has 21 heavy (non-hydrogen) atoms. The number of hydrogen-bond acceptors (Lipinski definition) is 4. The van der Waals surface area contributed by atoms with Crippen molar-refractivity contribution in [1.82, 2.24) is 4.90 Å². The van der Waals surface area contributed by atoms with E-state index >= 15 is 0 Å². The maximum absolute atomic E-state index is 6.01. The first-order valence-electron chi connectivity index (χ1n) is 7.58. The molecule has 1 unspecified atom stereocenters. The van der Waals surface area contributed by atoms with Crippen LogP contribution in [0.2, 0.25) is 0 Å². The third kappa shape index (κ3) is 3.28. The van der Waals surface area contributed by atoms with Crippen molar-refractivity contribution < 1.29 is 13.9 Å². The second-order valence-corrected chi connectivity index (χ2v) is 5.66. The molecule has 0 aliphatic carbocycles. The molecule has 1 saturated heterocycles. The number of rotatable bonds is 5. The molecule has 0 amide bonds. The quantitative estimate of drug-likeness (QED) is 0.847. The summed E-state index contributed by atoms with van der Waals surface area (Å²) in [5.74, 6) is 1.07. The summed E-state index contributed by atoms with van der Waals surface area (Å²) in [4.78, 5) is 2.41. The number of morpholine rings is 1. The fraction of sp³-hybridized carbons (Fsp3) is 0.529. The molecule has 4 nitrogen and oxygen atoms in total. The van der Waals surface area contributed by atoms with Gasteiger partial charge in [0.1, 0.15) is 11.3 Å². The zero-order valence-electron chi connectivity index (χ0n) is 12.8. The van der Waals surface area contributed by atoms with E-state index in [-0.39, 0.29) is 6.10 Å². The van der Waals surface area contributed by atoms with Crippen LogP contribution >= 0.6 is 0 Å². The monoisotopic (exact) mass is 289 g/mol. The summed E-state index contributed by atoms with van der Waals surface area (Å²) in [6, 6.07) is 8.24. The van der Waals surface area contributed by atoms with Crippen molar-refractivity contribution in [2.24, 2.45) is 0 Å². The molecule has 2 aromatic rings. The van der Waals surface area contributed by atoms with Crippen molar-refractivity contribution in [3.63, 3.8) is 0 Å². The Morgan fingerprint density at radius 2 is 2.19 bits per heavy atom. The van der Waals surface area contributed by atoms with Gasteiger partial charge >= 0.3 is 0 Å². The predicted molar refractivity (Wildman–Crippen MR) is 82.5 cm³/mol. The van der Waals surface area contributed by atoms with Gasteiger partial charge in [-0.05, 0) is 25.0 Å². The largest absolute Gasteiger partial charge is 0.459 e. The van der Waals surface area contributed by atoms with Crippen molar-refractivity contribution in [1.29, 1.82) is 0 Å². The number of methoxy groups -OCH3 is 1. The van der Waals surface area contributed by atoms with Crippen LogP contribution in [0, 0.1) is 6.92 Å². The molecule has 1 aliphatic heterocycles. The Kier molecular flexibility index (Phi) is 4.58. The summed E-state index contributed by atoms with van der Waals surface area (Å²) in [7, 11) is 1.73. The third-order valence-electron chi connectivity index (χ3n) is 4.18. The van der Waals surface area contributed by atoms with Gasteiger partial charge in [0.25, 0.3) is 0 Å². The molecule has 1 aromatic heterocycles. The Morgan fingerprint density at radius 1 is 1.33 bits per heavy atom. The number of aryl methyl sites for hydroxylation is 1. The first-order chi connectivity index (χ1) is 10.3. The van der Waals surface area contributed by atoms with Crippen LogP contribution in [0.15, 0.2) is 28.7 Å². The summed E-state index contributed by atoms with van der Waals surface area (Å²) < 4.78 is 16.9. The SMILES string of the molecule is COCCC1CN(Cc2oc3ccccc3c2C)CCO1. The molecule has 0 bridgehead atoms. The number of fused-ring (bicyclic) bond motifs is 1. The zero-order valence-corrected chi connectivity index (χ0v) is 12.8. The fourth-order valence-electron chi connectivity index (χ4n) is 2.93. The Morgan fingerprint density at radius 3 is 3.00 bits per heavy atom. The molecule has 114 valence electrons. The molecule has 0 N–H and O–H groups in total. The van der Waals surface area contributed by atoms with Crippen LogP contribution in [0.3, 0.4) is 0 Å². The first-order valence-corrected chi connectivity index (χ1v) is 7.58. The maximum Gasteiger partial charge on any atom is 0.134 e. The lowest BCUT2D eigenvalue weighted by Gasteiger charge is -2.32. The third-order valence-corrected chi connectivity index (χ3v) is 4.18. The first kappa shape index (κ1) is 14.6. The Hall–Kier alpha value is -1.36. The molecule has 0 radical (unpaired) electrons. The highest BCUT2D eigenvalue weighted by molar-refractivity contribution is 5.81. The minimum Gasteiger partial charge on any atom is -0.459 e. The topological polar surface area (TPSA) is 34.8 Å². The van der Waals surface area contributed by atoms with Crippen LogP contribution in [-0.2, 0) is 16.0 Å². The minimum atomic E-state index is 0.267. The van der Waals surface area contributed by atoms with E-state index in [1.165, 1.54) is 10.9 Å².